The third kappa shape index (κ3) is 4.04. The van der Waals surface area contributed by atoms with E-state index in [1.807, 2.05) is 52.1 Å². The fourth-order valence-electron chi connectivity index (χ4n) is 2.01. The normalized spacial score (nSPS) is 11.3. The minimum Gasteiger partial charge on any atom is -0.443 e. The van der Waals surface area contributed by atoms with Crippen LogP contribution in [-0.4, -0.2) is 16.7 Å². The summed E-state index contributed by atoms with van der Waals surface area (Å²) in [6.45, 7) is 9.57. The number of hydrogen-bond donors (Lipinski definition) is 0. The van der Waals surface area contributed by atoms with Crippen LogP contribution in [0.4, 0.5) is 15.6 Å². The van der Waals surface area contributed by atoms with E-state index in [-0.39, 0.29) is 0 Å². The van der Waals surface area contributed by atoms with Crippen molar-refractivity contribution in [3.05, 3.63) is 40.9 Å². The van der Waals surface area contributed by atoms with E-state index in [2.05, 4.69) is 11.1 Å². The van der Waals surface area contributed by atoms with Crippen LogP contribution >= 0.6 is 11.3 Å². The van der Waals surface area contributed by atoms with Gasteiger partial charge in [-0.25, -0.2) is 14.7 Å². The summed E-state index contributed by atoms with van der Waals surface area (Å²) in [6, 6.07) is 5.98. The molecule has 0 saturated heterocycles. The Kier molecular flexibility index (Phi) is 4.32. The third-order valence-corrected chi connectivity index (χ3v) is 3.41. The second-order valence-corrected chi connectivity index (χ2v) is 6.85. The Morgan fingerprint density at radius 3 is 2.29 bits per heavy atom. The zero-order chi connectivity index (χ0) is 15.6. The molecule has 0 aliphatic carbocycles. The number of carbonyl (C=O) groups excluding carboxylic acids is 1. The molecule has 1 aromatic heterocycles. The van der Waals surface area contributed by atoms with Crippen molar-refractivity contribution in [3.8, 4) is 0 Å². The van der Waals surface area contributed by atoms with Gasteiger partial charge >= 0.3 is 6.09 Å². The SMILES string of the molecule is Cc1cc(C)cc(N(C(=O)OC(C)(C)C)c2nccs2)c1. The summed E-state index contributed by atoms with van der Waals surface area (Å²) in [5, 5.41) is 2.45. The highest BCUT2D eigenvalue weighted by atomic mass is 32.1. The molecule has 0 spiro atoms. The summed E-state index contributed by atoms with van der Waals surface area (Å²) in [5.74, 6) is 0. The van der Waals surface area contributed by atoms with E-state index in [1.54, 1.807) is 6.20 Å². The maximum atomic E-state index is 12.6. The van der Waals surface area contributed by atoms with Crippen molar-refractivity contribution in [2.24, 2.45) is 0 Å². The molecular weight excluding hydrogens is 284 g/mol. The minimum atomic E-state index is -0.550. The Labute approximate surface area is 129 Å². The first-order chi connectivity index (χ1) is 9.76. The lowest BCUT2D eigenvalue weighted by molar-refractivity contribution is 0.0599. The number of hydrogen-bond acceptors (Lipinski definition) is 4. The number of nitrogens with zero attached hydrogens (tertiary/aromatic N) is 2. The molecule has 1 amide bonds. The molecule has 2 aromatic rings. The fourth-order valence-corrected chi connectivity index (χ4v) is 2.66. The Bertz CT molecular complexity index is 610. The number of anilines is 2. The van der Waals surface area contributed by atoms with Gasteiger partial charge in [-0.1, -0.05) is 6.07 Å². The highest BCUT2D eigenvalue weighted by Crippen LogP contribution is 2.30. The van der Waals surface area contributed by atoms with E-state index in [0.29, 0.717) is 5.13 Å². The molecule has 0 saturated carbocycles. The van der Waals surface area contributed by atoms with Gasteiger partial charge in [0.15, 0.2) is 5.13 Å². The molecule has 5 heteroatoms. The van der Waals surface area contributed by atoms with Crippen LogP contribution in [0.15, 0.2) is 29.8 Å². The first-order valence-corrected chi connectivity index (χ1v) is 7.65. The summed E-state index contributed by atoms with van der Waals surface area (Å²) in [7, 11) is 0. The molecule has 4 nitrogen and oxygen atoms in total. The van der Waals surface area contributed by atoms with Gasteiger partial charge in [0.1, 0.15) is 5.60 Å². The van der Waals surface area contributed by atoms with Gasteiger partial charge in [0, 0.05) is 11.6 Å². The van der Waals surface area contributed by atoms with Crippen molar-refractivity contribution in [2.45, 2.75) is 40.2 Å². The van der Waals surface area contributed by atoms with Crippen LogP contribution in [-0.2, 0) is 4.74 Å². The number of aryl methyl sites for hydroxylation is 2. The smallest absolute Gasteiger partial charge is 0.421 e. The number of carbonyl (C=O) groups is 1. The third-order valence-electron chi connectivity index (χ3n) is 2.65. The second-order valence-electron chi connectivity index (χ2n) is 5.98. The van der Waals surface area contributed by atoms with Crippen molar-refractivity contribution < 1.29 is 9.53 Å². The van der Waals surface area contributed by atoms with Crippen molar-refractivity contribution >= 4 is 28.2 Å². The zero-order valence-corrected chi connectivity index (χ0v) is 13.8. The highest BCUT2D eigenvalue weighted by molar-refractivity contribution is 7.13. The van der Waals surface area contributed by atoms with Crippen LogP contribution < -0.4 is 4.90 Å². The Morgan fingerprint density at radius 2 is 1.81 bits per heavy atom. The molecule has 0 radical (unpaired) electrons. The van der Waals surface area contributed by atoms with Crippen LogP contribution in [0, 0.1) is 13.8 Å². The lowest BCUT2D eigenvalue weighted by Gasteiger charge is -2.26. The maximum Gasteiger partial charge on any atom is 0.421 e. The predicted molar refractivity (Wildman–Crippen MR) is 86.4 cm³/mol. The molecule has 0 aliphatic heterocycles. The average molecular weight is 304 g/mol. The second kappa shape index (κ2) is 5.85. The maximum absolute atomic E-state index is 12.6. The monoisotopic (exact) mass is 304 g/mol. The number of amides is 1. The highest BCUT2D eigenvalue weighted by Gasteiger charge is 2.26. The predicted octanol–water partition coefficient (Wildman–Crippen LogP) is 4.83. The summed E-state index contributed by atoms with van der Waals surface area (Å²) in [5.41, 5.74) is 2.41. The van der Waals surface area contributed by atoms with Gasteiger partial charge < -0.3 is 4.74 Å². The van der Waals surface area contributed by atoms with Gasteiger partial charge in [0.05, 0.1) is 5.69 Å². The van der Waals surface area contributed by atoms with E-state index >= 15 is 0 Å². The van der Waals surface area contributed by atoms with Crippen molar-refractivity contribution in [2.75, 3.05) is 4.90 Å². The summed E-state index contributed by atoms with van der Waals surface area (Å²) >= 11 is 1.41. The van der Waals surface area contributed by atoms with Crippen LogP contribution in [0.3, 0.4) is 0 Å². The van der Waals surface area contributed by atoms with Gasteiger partial charge in [-0.2, -0.15) is 0 Å². The van der Waals surface area contributed by atoms with Gasteiger partial charge in [0.2, 0.25) is 0 Å². The molecule has 0 N–H and O–H groups in total. The molecule has 1 heterocycles. The van der Waals surface area contributed by atoms with Crippen molar-refractivity contribution in [1.29, 1.82) is 0 Å². The Hall–Kier alpha value is -1.88. The molecular formula is C16H20N2O2S. The van der Waals surface area contributed by atoms with E-state index in [9.17, 15) is 4.79 Å². The molecule has 0 unspecified atom stereocenters. The molecule has 0 fully saturated rings. The fraction of sp³-hybridized carbons (Fsp3) is 0.375. The first-order valence-electron chi connectivity index (χ1n) is 6.77. The first kappa shape index (κ1) is 15.5. The van der Waals surface area contributed by atoms with E-state index in [4.69, 9.17) is 4.74 Å². The van der Waals surface area contributed by atoms with Crippen molar-refractivity contribution in [1.82, 2.24) is 4.98 Å². The summed E-state index contributed by atoms with van der Waals surface area (Å²) < 4.78 is 5.51. The zero-order valence-electron chi connectivity index (χ0n) is 13.0. The van der Waals surface area contributed by atoms with Gasteiger partial charge in [-0.05, 0) is 57.9 Å². The lowest BCUT2D eigenvalue weighted by Crippen LogP contribution is -2.33. The van der Waals surface area contributed by atoms with Crippen LogP contribution in [0.1, 0.15) is 31.9 Å². The molecule has 112 valence electrons. The van der Waals surface area contributed by atoms with Gasteiger partial charge in [-0.3, -0.25) is 0 Å². The molecule has 0 bridgehead atoms. The van der Waals surface area contributed by atoms with E-state index in [1.165, 1.54) is 16.2 Å². The molecule has 21 heavy (non-hydrogen) atoms. The Morgan fingerprint density at radius 1 is 1.19 bits per heavy atom. The number of benzene rings is 1. The number of ether oxygens (including phenoxy) is 1. The summed E-state index contributed by atoms with van der Waals surface area (Å²) in [6.07, 6.45) is 1.27. The van der Waals surface area contributed by atoms with Gasteiger partial charge in [0.25, 0.3) is 0 Å². The molecule has 2 rings (SSSR count). The topological polar surface area (TPSA) is 42.4 Å². The van der Waals surface area contributed by atoms with E-state index in [0.717, 1.165) is 16.8 Å². The van der Waals surface area contributed by atoms with Crippen molar-refractivity contribution in [3.63, 3.8) is 0 Å². The quantitative estimate of drug-likeness (QED) is 0.797. The molecule has 1 aromatic carbocycles. The molecule has 0 atom stereocenters. The summed E-state index contributed by atoms with van der Waals surface area (Å²) in [4.78, 5) is 18.3. The van der Waals surface area contributed by atoms with Crippen LogP contribution in [0.2, 0.25) is 0 Å². The largest absolute Gasteiger partial charge is 0.443 e. The van der Waals surface area contributed by atoms with E-state index < -0.39 is 11.7 Å². The van der Waals surface area contributed by atoms with Crippen LogP contribution in [0.5, 0.6) is 0 Å². The lowest BCUT2D eigenvalue weighted by atomic mass is 10.1. The Balaban J connectivity index is 2.44. The molecule has 0 aliphatic rings. The standard InChI is InChI=1S/C16H20N2O2S/c1-11-8-12(2)10-13(9-11)18(14-17-6-7-21-14)15(19)20-16(3,4)5/h6-10H,1-5H3. The number of aromatic nitrogens is 1. The minimum absolute atomic E-state index is 0.414. The van der Waals surface area contributed by atoms with Crippen LogP contribution in [0.25, 0.3) is 0 Å². The average Bonchev–Trinajstić information content (AvgIpc) is 2.78. The number of thiazole rings is 1. The van der Waals surface area contributed by atoms with Gasteiger partial charge in [-0.15, -0.1) is 11.3 Å². The number of rotatable bonds is 2.